The van der Waals surface area contributed by atoms with Crippen LogP contribution in [0.25, 0.3) is 0 Å². The fraction of sp³-hybridized carbons (Fsp3) is 1.00. The van der Waals surface area contributed by atoms with Gasteiger partial charge in [-0.05, 0) is 6.42 Å². The van der Waals surface area contributed by atoms with E-state index in [1.807, 2.05) is 6.92 Å². The number of hydrogen-bond acceptors (Lipinski definition) is 2. The van der Waals surface area contributed by atoms with Crippen molar-refractivity contribution in [1.29, 1.82) is 0 Å². The molecule has 0 heterocycles. The zero-order valence-corrected chi connectivity index (χ0v) is 7.26. The third kappa shape index (κ3) is 13.0. The van der Waals surface area contributed by atoms with Crippen LogP contribution in [-0.4, -0.2) is 36.2 Å². The van der Waals surface area contributed by atoms with Gasteiger partial charge >= 0.3 is 35.3 Å². The Kier molecular flexibility index (Phi) is 9.87. The molecule has 2 nitrogen and oxygen atoms in total. The van der Waals surface area contributed by atoms with Crippen LogP contribution in [0.5, 0.6) is 0 Å². The Hall–Kier alpha value is 1.89. The van der Waals surface area contributed by atoms with Gasteiger partial charge in [-0.15, -0.1) is 0 Å². The molecular formula is C3H10NaO2PS2. The standard InChI is InChI=1S/C3H9O2PS2.Na.H/c1-2-3-5-6(4,7)8;;/h2-3H2,1H3,(H2,4,7,8);;. The first kappa shape index (κ1) is 13.5. The minimum absolute atomic E-state index is 0. The second kappa shape index (κ2) is 6.59. The van der Waals surface area contributed by atoms with E-state index >= 15 is 0 Å². The number of thiol groups is 2. The third-order valence-corrected chi connectivity index (χ3v) is 1.68. The average molecular weight is 196 g/mol. The molecule has 0 unspecified atom stereocenters. The van der Waals surface area contributed by atoms with E-state index < -0.39 is 5.77 Å². The van der Waals surface area contributed by atoms with Gasteiger partial charge < -0.3 is 4.52 Å². The van der Waals surface area contributed by atoms with Gasteiger partial charge in [0.2, 0.25) is 0 Å². The van der Waals surface area contributed by atoms with Crippen LogP contribution in [0.15, 0.2) is 0 Å². The summed E-state index contributed by atoms with van der Waals surface area (Å²) in [6, 6.07) is 0. The summed E-state index contributed by atoms with van der Waals surface area (Å²) in [5.41, 5.74) is 0. The van der Waals surface area contributed by atoms with E-state index in [1.54, 1.807) is 0 Å². The van der Waals surface area contributed by atoms with Gasteiger partial charge in [0.1, 0.15) is 0 Å². The number of hydrogen-bond donors (Lipinski definition) is 2. The normalized spacial score (nSPS) is 10.6. The Morgan fingerprint density at radius 2 is 2.00 bits per heavy atom. The maximum atomic E-state index is 10.5. The van der Waals surface area contributed by atoms with E-state index in [-0.39, 0.29) is 29.6 Å². The molecule has 0 saturated carbocycles. The van der Waals surface area contributed by atoms with Crippen LogP contribution in [0.3, 0.4) is 0 Å². The van der Waals surface area contributed by atoms with E-state index in [0.29, 0.717) is 6.61 Å². The van der Waals surface area contributed by atoms with Crippen LogP contribution in [0.1, 0.15) is 13.3 Å². The van der Waals surface area contributed by atoms with E-state index in [1.165, 1.54) is 0 Å². The Morgan fingerprint density at radius 1 is 1.56 bits per heavy atom. The first-order valence-electron chi connectivity index (χ1n) is 2.26. The first-order chi connectivity index (χ1) is 3.56. The molecule has 0 atom stereocenters. The van der Waals surface area contributed by atoms with Crippen LogP contribution in [0.2, 0.25) is 0 Å². The SMILES string of the molecule is CCCOP(=O)(S)S.[NaH]. The summed E-state index contributed by atoms with van der Waals surface area (Å²) in [5.74, 6) is -2.79. The second-order valence-electron chi connectivity index (χ2n) is 1.32. The van der Waals surface area contributed by atoms with Crippen molar-refractivity contribution in [1.82, 2.24) is 0 Å². The van der Waals surface area contributed by atoms with Gasteiger partial charge in [-0.25, -0.2) is 0 Å². The van der Waals surface area contributed by atoms with Crippen LogP contribution < -0.4 is 0 Å². The molecule has 52 valence electrons. The average Bonchev–Trinajstić information content (AvgIpc) is 1.59. The van der Waals surface area contributed by atoms with Crippen LogP contribution in [0, 0.1) is 0 Å². The van der Waals surface area contributed by atoms with Crippen LogP contribution >= 0.6 is 30.3 Å². The Labute approximate surface area is 88.2 Å². The van der Waals surface area contributed by atoms with Gasteiger partial charge in [0.15, 0.2) is 0 Å². The van der Waals surface area contributed by atoms with Gasteiger partial charge in [0.25, 0.3) is 0 Å². The van der Waals surface area contributed by atoms with Crippen molar-refractivity contribution in [2.24, 2.45) is 0 Å². The van der Waals surface area contributed by atoms with Crippen molar-refractivity contribution in [2.75, 3.05) is 6.61 Å². The zero-order valence-electron chi connectivity index (χ0n) is 4.57. The molecule has 0 aliphatic heterocycles. The molecule has 0 aliphatic carbocycles. The predicted octanol–water partition coefficient (Wildman–Crippen LogP) is 1.73. The summed E-state index contributed by atoms with van der Waals surface area (Å²) >= 11 is 7.17. The molecule has 0 saturated heterocycles. The van der Waals surface area contributed by atoms with Crippen LogP contribution in [-0.2, 0) is 9.09 Å². The summed E-state index contributed by atoms with van der Waals surface area (Å²) in [5, 5.41) is 0. The quantitative estimate of drug-likeness (QED) is 0.408. The summed E-state index contributed by atoms with van der Waals surface area (Å²) in [6.45, 7) is 2.39. The van der Waals surface area contributed by atoms with Crippen molar-refractivity contribution in [2.45, 2.75) is 13.3 Å². The fourth-order valence-electron chi connectivity index (χ4n) is 0.210. The van der Waals surface area contributed by atoms with E-state index in [4.69, 9.17) is 0 Å². The minimum atomic E-state index is -2.79. The summed E-state index contributed by atoms with van der Waals surface area (Å²) in [7, 11) is 0. The molecule has 0 amide bonds. The molecule has 0 fully saturated rings. The molecule has 9 heavy (non-hydrogen) atoms. The van der Waals surface area contributed by atoms with Gasteiger partial charge in [-0.2, -0.15) is 0 Å². The van der Waals surface area contributed by atoms with Gasteiger partial charge in [-0.1, -0.05) is 31.4 Å². The molecule has 0 aromatic carbocycles. The molecule has 0 aliphatic rings. The molecule has 0 radical (unpaired) electrons. The topological polar surface area (TPSA) is 26.3 Å². The van der Waals surface area contributed by atoms with Gasteiger partial charge in [0, 0.05) is 0 Å². The Balaban J connectivity index is 0. The van der Waals surface area contributed by atoms with E-state index in [0.717, 1.165) is 6.42 Å². The van der Waals surface area contributed by atoms with Gasteiger partial charge in [0.05, 0.1) is 6.61 Å². The van der Waals surface area contributed by atoms with Crippen molar-refractivity contribution in [3.63, 3.8) is 0 Å². The van der Waals surface area contributed by atoms with Crippen molar-refractivity contribution >= 4 is 59.8 Å². The molecule has 6 heteroatoms. The summed E-state index contributed by atoms with van der Waals surface area (Å²) in [6.07, 6.45) is 0.838. The molecule has 0 rings (SSSR count). The van der Waals surface area contributed by atoms with Crippen LogP contribution in [0.4, 0.5) is 0 Å². The predicted molar refractivity (Wildman–Crippen MR) is 49.0 cm³/mol. The molecular weight excluding hydrogens is 186 g/mol. The molecule has 0 aromatic heterocycles. The monoisotopic (exact) mass is 196 g/mol. The fourth-order valence-corrected chi connectivity index (χ4v) is 1.12. The molecule has 0 N–H and O–H groups in total. The molecule has 0 bridgehead atoms. The maximum absolute atomic E-state index is 10.5. The molecule has 0 aromatic rings. The summed E-state index contributed by atoms with van der Waals surface area (Å²) < 4.78 is 15.1. The van der Waals surface area contributed by atoms with Crippen molar-refractivity contribution in [3.05, 3.63) is 0 Å². The number of rotatable bonds is 3. The van der Waals surface area contributed by atoms with Crippen molar-refractivity contribution in [3.8, 4) is 0 Å². The van der Waals surface area contributed by atoms with Crippen molar-refractivity contribution < 1.29 is 9.09 Å². The Morgan fingerprint density at radius 3 is 2.11 bits per heavy atom. The molecule has 0 spiro atoms. The van der Waals surface area contributed by atoms with E-state index in [9.17, 15) is 4.57 Å². The third-order valence-electron chi connectivity index (χ3n) is 0.464. The zero-order chi connectivity index (χ0) is 6.62. The van der Waals surface area contributed by atoms with Gasteiger partial charge in [-0.3, -0.25) is 4.57 Å². The summed E-state index contributed by atoms with van der Waals surface area (Å²) in [4.78, 5) is 0. The Bertz CT molecular complexity index is 104. The second-order valence-corrected chi connectivity index (χ2v) is 6.67. The first-order valence-corrected chi connectivity index (χ1v) is 6.19. The van der Waals surface area contributed by atoms with E-state index in [2.05, 4.69) is 29.0 Å².